The molecule has 1 heterocycles. The molecule has 254 valence electrons. The third-order valence-electron chi connectivity index (χ3n) is 10.9. The molecule has 1 aliphatic heterocycles. The van der Waals surface area contributed by atoms with Crippen molar-refractivity contribution in [3.8, 4) is 11.1 Å². The van der Waals surface area contributed by atoms with Crippen LogP contribution < -0.4 is 9.80 Å². The summed E-state index contributed by atoms with van der Waals surface area (Å²) in [5.74, 6) is 0. The topological polar surface area (TPSA) is 6.48 Å². The fourth-order valence-electron chi connectivity index (χ4n) is 8.43. The van der Waals surface area contributed by atoms with Gasteiger partial charge in [-0.05, 0) is 124 Å². The number of anilines is 6. The maximum atomic E-state index is 2.49. The van der Waals surface area contributed by atoms with Crippen molar-refractivity contribution in [2.75, 3.05) is 22.3 Å². The van der Waals surface area contributed by atoms with Gasteiger partial charge in [0.05, 0.1) is 5.69 Å². The lowest BCUT2D eigenvalue weighted by atomic mass is 9.89. The number of fused-ring (bicyclic) bond motifs is 6. The van der Waals surface area contributed by atoms with E-state index in [0.717, 1.165) is 22.7 Å². The summed E-state index contributed by atoms with van der Waals surface area (Å²) in [6, 6.07) is 71.0. The predicted molar refractivity (Wildman–Crippen MR) is 230 cm³/mol. The average molecular weight is 699 g/mol. The first-order chi connectivity index (χ1) is 26.1. The Bertz CT molecular complexity index is 2720. The lowest BCUT2D eigenvalue weighted by Gasteiger charge is -2.40. The van der Waals surface area contributed by atoms with E-state index in [0.29, 0.717) is 0 Å². The molecule has 1 aliphatic rings. The number of benzene rings is 9. The highest BCUT2D eigenvalue weighted by Gasteiger charge is 2.32. The summed E-state index contributed by atoms with van der Waals surface area (Å²) in [4.78, 5) is 7.66. The van der Waals surface area contributed by atoms with Gasteiger partial charge in [-0.1, -0.05) is 115 Å². The van der Waals surface area contributed by atoms with Crippen molar-refractivity contribution in [2.24, 2.45) is 0 Å². The summed E-state index contributed by atoms with van der Waals surface area (Å²) >= 11 is 0. The molecule has 0 atom stereocenters. The zero-order chi connectivity index (χ0) is 35.5. The summed E-state index contributed by atoms with van der Waals surface area (Å²) in [5, 5.41) is 7.75. The van der Waals surface area contributed by atoms with Crippen LogP contribution in [0.3, 0.4) is 0 Å². The zero-order valence-electron chi connectivity index (χ0n) is 29.8. The van der Waals surface area contributed by atoms with Gasteiger partial charge in [-0.3, -0.25) is 0 Å². The Balaban J connectivity index is 1.24. The van der Waals surface area contributed by atoms with Crippen molar-refractivity contribution in [1.29, 1.82) is 0 Å². The fraction of sp³-hybridized carbons (Fsp3) is 0.0400. The Morgan fingerprint density at radius 2 is 0.811 bits per heavy atom. The molecule has 9 aromatic rings. The van der Waals surface area contributed by atoms with Crippen LogP contribution in [-0.2, 0) is 0 Å². The van der Waals surface area contributed by atoms with E-state index in [-0.39, 0.29) is 0 Å². The van der Waals surface area contributed by atoms with E-state index >= 15 is 0 Å². The van der Waals surface area contributed by atoms with Gasteiger partial charge in [0.25, 0.3) is 0 Å². The van der Waals surface area contributed by atoms with Crippen LogP contribution in [0.5, 0.6) is 0 Å². The van der Waals surface area contributed by atoms with Gasteiger partial charge >= 0.3 is 0 Å². The summed E-state index contributed by atoms with van der Waals surface area (Å²) in [5.41, 5.74) is 9.60. The van der Waals surface area contributed by atoms with Gasteiger partial charge < -0.3 is 9.80 Å². The van der Waals surface area contributed by atoms with Crippen molar-refractivity contribution >= 4 is 76.5 Å². The van der Waals surface area contributed by atoms with Crippen LogP contribution in [0.4, 0.5) is 34.1 Å². The normalized spacial score (nSPS) is 13.5. The largest absolute Gasteiger partial charge is 0.310 e. The molecule has 0 amide bonds. The smallest absolute Gasteiger partial charge is 0.0546 e. The Labute approximate surface area is 312 Å². The van der Waals surface area contributed by atoms with E-state index in [2.05, 4.69) is 216 Å². The summed E-state index contributed by atoms with van der Waals surface area (Å²) < 4.78 is 0. The lowest BCUT2D eigenvalue weighted by Crippen LogP contribution is -2.12. The van der Waals surface area contributed by atoms with Crippen LogP contribution in [-0.4, -0.2) is 12.5 Å². The highest BCUT2D eigenvalue weighted by atomic mass is 32.3. The van der Waals surface area contributed by atoms with Crippen LogP contribution in [0.1, 0.15) is 0 Å². The van der Waals surface area contributed by atoms with Crippen LogP contribution in [0.15, 0.2) is 204 Å². The van der Waals surface area contributed by atoms with E-state index in [1.165, 1.54) is 64.6 Å². The third-order valence-corrected chi connectivity index (χ3v) is 13.7. The van der Waals surface area contributed by atoms with Gasteiger partial charge in [0.1, 0.15) is 0 Å². The fourth-order valence-corrected chi connectivity index (χ4v) is 11.0. The molecule has 0 radical (unpaired) electrons. The number of para-hydroxylation sites is 4. The molecule has 9 aromatic carbocycles. The SMILES string of the molecule is CS1(C)c2cc(N(c3ccccc3)c3ccccc3)ccc2-c2cc3c4ccccc4c(N(c4ccccc4)c4ccccc4)cc3c3cccc1c23. The Kier molecular flexibility index (Phi) is 7.38. The average Bonchev–Trinajstić information content (AvgIpc) is 3.22. The molecule has 0 fully saturated rings. The molecule has 0 saturated heterocycles. The minimum Gasteiger partial charge on any atom is -0.310 e. The maximum Gasteiger partial charge on any atom is 0.0546 e. The molecule has 10 rings (SSSR count). The minimum absolute atomic E-state index is 1.14. The summed E-state index contributed by atoms with van der Waals surface area (Å²) in [6.07, 6.45) is 4.95. The van der Waals surface area contributed by atoms with E-state index < -0.39 is 10.0 Å². The van der Waals surface area contributed by atoms with Gasteiger partial charge in [0.15, 0.2) is 0 Å². The molecule has 0 spiro atoms. The highest BCUT2D eigenvalue weighted by Crippen LogP contribution is 2.66. The van der Waals surface area contributed by atoms with Crippen molar-refractivity contribution < 1.29 is 0 Å². The molecular weight excluding hydrogens is 661 g/mol. The zero-order valence-corrected chi connectivity index (χ0v) is 30.6. The van der Waals surface area contributed by atoms with Crippen LogP contribution >= 0.6 is 10.0 Å². The molecule has 3 heteroatoms. The number of hydrogen-bond acceptors (Lipinski definition) is 2. The Morgan fingerprint density at radius 1 is 0.321 bits per heavy atom. The quantitative estimate of drug-likeness (QED) is 0.160. The molecule has 2 nitrogen and oxygen atoms in total. The first-order valence-corrected chi connectivity index (χ1v) is 20.6. The van der Waals surface area contributed by atoms with Crippen molar-refractivity contribution in [3.05, 3.63) is 194 Å². The predicted octanol–water partition coefficient (Wildman–Crippen LogP) is 14.5. The summed E-state index contributed by atoms with van der Waals surface area (Å²) in [7, 11) is -1.39. The first-order valence-electron chi connectivity index (χ1n) is 18.2. The second kappa shape index (κ2) is 12.4. The van der Waals surface area contributed by atoms with Gasteiger partial charge in [0, 0.05) is 49.0 Å². The Hall–Kier alpha value is -6.29. The second-order valence-electron chi connectivity index (χ2n) is 14.2. The minimum atomic E-state index is -1.39. The molecule has 53 heavy (non-hydrogen) atoms. The van der Waals surface area contributed by atoms with Crippen LogP contribution in [0.2, 0.25) is 0 Å². The highest BCUT2D eigenvalue weighted by molar-refractivity contribution is 8.33. The maximum absolute atomic E-state index is 2.49. The number of rotatable bonds is 6. The molecule has 0 bridgehead atoms. The molecule has 0 aromatic heterocycles. The van der Waals surface area contributed by atoms with Crippen LogP contribution in [0.25, 0.3) is 43.4 Å². The second-order valence-corrected chi connectivity index (χ2v) is 17.7. The third kappa shape index (κ3) is 5.03. The van der Waals surface area contributed by atoms with Crippen LogP contribution in [0, 0.1) is 0 Å². The van der Waals surface area contributed by atoms with E-state index in [4.69, 9.17) is 0 Å². The molecule has 0 N–H and O–H groups in total. The van der Waals surface area contributed by atoms with Crippen molar-refractivity contribution in [2.45, 2.75) is 9.79 Å². The van der Waals surface area contributed by atoms with Gasteiger partial charge in [-0.2, -0.15) is 10.0 Å². The van der Waals surface area contributed by atoms with Crippen molar-refractivity contribution in [3.63, 3.8) is 0 Å². The molecule has 0 unspecified atom stereocenters. The van der Waals surface area contributed by atoms with Gasteiger partial charge in [0.2, 0.25) is 0 Å². The standard InChI is InChI=1S/C50H38N2S/c1-53(2)48-29-17-28-43-45-34-47(52(37-22-11-5-12-23-37)38-24-13-6-14-25-38)41-27-16-15-26-40(41)44(45)33-46(50(43)48)42-31-30-39(32-49(42)53)51(35-18-7-3-8-19-35)36-20-9-4-10-21-36/h3-34H,1-2H3. The first kappa shape index (κ1) is 31.4. The Morgan fingerprint density at radius 3 is 1.40 bits per heavy atom. The molecule has 0 saturated carbocycles. The van der Waals surface area contributed by atoms with Crippen molar-refractivity contribution in [1.82, 2.24) is 0 Å². The van der Waals surface area contributed by atoms with E-state index in [1.54, 1.807) is 0 Å². The monoisotopic (exact) mass is 698 g/mol. The van der Waals surface area contributed by atoms with Gasteiger partial charge in [-0.15, -0.1) is 0 Å². The molecular formula is C50H38N2S. The number of nitrogens with zero attached hydrogens (tertiary/aromatic N) is 2. The lowest BCUT2D eigenvalue weighted by molar-refractivity contribution is 1.25. The molecule has 0 aliphatic carbocycles. The van der Waals surface area contributed by atoms with E-state index in [9.17, 15) is 0 Å². The number of hydrogen-bond donors (Lipinski definition) is 0. The van der Waals surface area contributed by atoms with Gasteiger partial charge in [-0.25, -0.2) is 0 Å². The van der Waals surface area contributed by atoms with E-state index in [1.807, 2.05) is 0 Å². The summed E-state index contributed by atoms with van der Waals surface area (Å²) in [6.45, 7) is 0.